The van der Waals surface area contributed by atoms with Gasteiger partial charge in [0.05, 0.1) is 11.6 Å². The Morgan fingerprint density at radius 2 is 0.500 bits per heavy atom. The van der Waals surface area contributed by atoms with Crippen LogP contribution in [0.25, 0.3) is 168 Å². The summed E-state index contributed by atoms with van der Waals surface area (Å²) in [5, 5.41) is 14.0. The van der Waals surface area contributed by atoms with E-state index in [2.05, 4.69) is 188 Å². The topological polar surface area (TPSA) is 127 Å². The Morgan fingerprint density at radius 3 is 0.904 bits per heavy atom. The third-order valence-electron chi connectivity index (χ3n) is 17.2. The van der Waals surface area contributed by atoms with Gasteiger partial charge in [0.1, 0.15) is 0 Å². The van der Waals surface area contributed by atoms with Crippen molar-refractivity contribution in [1.82, 2.24) is 39.9 Å². The van der Waals surface area contributed by atoms with Gasteiger partial charge in [0.2, 0.25) is 0 Å². The van der Waals surface area contributed by atoms with E-state index in [4.69, 9.17) is 39.9 Å². The second-order valence-corrected chi connectivity index (χ2v) is 23.0. The van der Waals surface area contributed by atoms with Crippen LogP contribution in [0.3, 0.4) is 0 Å². The summed E-state index contributed by atoms with van der Waals surface area (Å²) < 4.78 is 0. The van der Waals surface area contributed by atoms with Gasteiger partial charge in [-0.25, -0.2) is 39.9 Å². The molecular weight excluding hydrogens is 1150 g/mol. The van der Waals surface area contributed by atoms with Gasteiger partial charge >= 0.3 is 0 Å². The molecule has 0 fully saturated rings. The fourth-order valence-electron chi connectivity index (χ4n) is 12.3. The Bertz CT molecular complexity index is 5430. The summed E-state index contributed by atoms with van der Waals surface area (Å²) in [6.07, 6.45) is 3.76. The van der Waals surface area contributed by atoms with Crippen LogP contribution in [-0.4, -0.2) is 39.9 Å². The smallest absolute Gasteiger partial charge is 0.164 e. The van der Waals surface area contributed by atoms with Crippen molar-refractivity contribution < 1.29 is 0 Å². The monoisotopic (exact) mass is 1200 g/mol. The maximum Gasteiger partial charge on any atom is 0.164 e. The first kappa shape index (κ1) is 56.2. The summed E-state index contributed by atoms with van der Waals surface area (Å²) in [5.41, 5.74) is 19.8. The number of rotatable bonds is 13. The third kappa shape index (κ3) is 11.3. The van der Waals surface area contributed by atoms with E-state index in [0.717, 1.165) is 122 Å². The first-order chi connectivity index (χ1) is 46.5. The molecule has 0 bridgehead atoms. The number of benzene rings is 13. The van der Waals surface area contributed by atoms with E-state index < -0.39 is 0 Å². The number of hydrogen-bond donors (Lipinski definition) is 0. The minimum absolute atomic E-state index is 0.554. The van der Waals surface area contributed by atoms with Gasteiger partial charge in [-0.15, -0.1) is 0 Å². The Morgan fingerprint density at radius 1 is 0.202 bits per heavy atom. The molecular formula is C85H53N9. The Labute approximate surface area is 543 Å². The fraction of sp³-hybridized carbons (Fsp3) is 0. The van der Waals surface area contributed by atoms with E-state index in [1.165, 1.54) is 5.39 Å². The lowest BCUT2D eigenvalue weighted by Gasteiger charge is -2.14. The third-order valence-corrected chi connectivity index (χ3v) is 17.2. The quantitative estimate of drug-likeness (QED) is 0.111. The van der Waals surface area contributed by atoms with Crippen LogP contribution in [0.5, 0.6) is 0 Å². The molecule has 9 heteroatoms. The van der Waals surface area contributed by atoms with Gasteiger partial charge in [0, 0.05) is 56.9 Å². The maximum absolute atomic E-state index is 9.34. The normalized spacial score (nSPS) is 11.2. The van der Waals surface area contributed by atoms with Gasteiger partial charge in [0.15, 0.2) is 40.8 Å². The van der Waals surface area contributed by atoms with Crippen molar-refractivity contribution >= 4 is 21.5 Å². The lowest BCUT2D eigenvalue weighted by molar-refractivity contribution is 1.07. The van der Waals surface area contributed by atoms with Crippen LogP contribution >= 0.6 is 0 Å². The summed E-state index contributed by atoms with van der Waals surface area (Å²) >= 11 is 0. The van der Waals surface area contributed by atoms with Crippen LogP contribution in [0.1, 0.15) is 5.56 Å². The summed E-state index contributed by atoms with van der Waals surface area (Å²) in [6, 6.07) is 108. The van der Waals surface area contributed by atoms with Crippen molar-refractivity contribution in [2.75, 3.05) is 0 Å². The van der Waals surface area contributed by atoms with E-state index in [0.29, 0.717) is 46.3 Å². The van der Waals surface area contributed by atoms with Crippen molar-refractivity contribution in [3.63, 3.8) is 0 Å². The predicted molar refractivity (Wildman–Crippen MR) is 379 cm³/mol. The van der Waals surface area contributed by atoms with Crippen molar-refractivity contribution in [2.24, 2.45) is 0 Å². The molecule has 0 saturated carbocycles. The fourth-order valence-corrected chi connectivity index (χ4v) is 12.3. The van der Waals surface area contributed by atoms with Gasteiger partial charge in [-0.1, -0.05) is 279 Å². The molecule has 0 saturated heterocycles. The summed E-state index contributed by atoms with van der Waals surface area (Å²) in [5.74, 6) is 4.22. The van der Waals surface area contributed by atoms with Gasteiger partial charge in [-0.2, -0.15) is 5.26 Å². The average molecular weight is 1200 g/mol. The van der Waals surface area contributed by atoms with Crippen LogP contribution in [0.2, 0.25) is 0 Å². The summed E-state index contributed by atoms with van der Waals surface area (Å²) in [6.45, 7) is 0. The molecule has 3 aromatic heterocycles. The first-order valence-corrected chi connectivity index (χ1v) is 31.1. The van der Waals surface area contributed by atoms with Crippen molar-refractivity contribution in [1.29, 1.82) is 5.26 Å². The average Bonchev–Trinajstić information content (AvgIpc) is 0.981. The minimum Gasteiger partial charge on any atom is -0.236 e. The van der Waals surface area contributed by atoms with E-state index in [1.807, 2.05) is 140 Å². The lowest BCUT2D eigenvalue weighted by atomic mass is 9.90. The maximum atomic E-state index is 9.34. The zero-order chi connectivity index (χ0) is 62.7. The molecule has 0 unspecified atom stereocenters. The molecule has 0 aliphatic carbocycles. The molecule has 438 valence electrons. The molecule has 16 aromatic rings. The molecule has 0 atom stereocenters. The molecule has 0 aliphatic heterocycles. The SMILES string of the molecule is N#Cc1ccc(-c2ccc(-c3cc4ccccc4cc3-c3ccc(-c4nc(-c5ccccc5)nc(-c5cccc(-c6cnc(-c7ccc(-c8cccc9c(-c%10ccc(-c%11nc(-c%12ccccc%12)nc(-c%12ccccc%12)n%11)cc%10)cccc89)cc7)nc6)c5)n4)cc3)cc2)cc1. The van der Waals surface area contributed by atoms with E-state index in [1.54, 1.807) is 0 Å². The molecule has 0 aliphatic rings. The van der Waals surface area contributed by atoms with Crippen LogP contribution in [0.4, 0.5) is 0 Å². The van der Waals surface area contributed by atoms with Crippen LogP contribution in [-0.2, 0) is 0 Å². The molecule has 0 N–H and O–H groups in total. The van der Waals surface area contributed by atoms with Crippen LogP contribution in [0.15, 0.2) is 322 Å². The van der Waals surface area contributed by atoms with Crippen molar-refractivity contribution in [3.05, 3.63) is 327 Å². The largest absolute Gasteiger partial charge is 0.236 e. The zero-order valence-corrected chi connectivity index (χ0v) is 50.6. The number of fused-ring (bicyclic) bond motifs is 2. The molecule has 94 heavy (non-hydrogen) atoms. The summed E-state index contributed by atoms with van der Waals surface area (Å²) in [7, 11) is 0. The Hall–Kier alpha value is -13.0. The molecule has 0 amide bonds. The number of nitrogens with zero attached hydrogens (tertiary/aromatic N) is 9. The highest BCUT2D eigenvalue weighted by atomic mass is 15.0. The molecule has 16 rings (SSSR count). The van der Waals surface area contributed by atoms with Crippen molar-refractivity contribution in [2.45, 2.75) is 0 Å². The first-order valence-electron chi connectivity index (χ1n) is 31.1. The second-order valence-electron chi connectivity index (χ2n) is 23.0. The molecule has 13 aromatic carbocycles. The van der Waals surface area contributed by atoms with E-state index in [9.17, 15) is 5.26 Å². The number of hydrogen-bond acceptors (Lipinski definition) is 9. The lowest BCUT2D eigenvalue weighted by Crippen LogP contribution is -2.00. The van der Waals surface area contributed by atoms with Crippen LogP contribution in [0, 0.1) is 11.3 Å². The second kappa shape index (κ2) is 24.7. The number of nitriles is 1. The molecule has 0 spiro atoms. The number of aromatic nitrogens is 8. The van der Waals surface area contributed by atoms with Gasteiger partial charge < -0.3 is 0 Å². The highest BCUT2D eigenvalue weighted by molar-refractivity contribution is 6.05. The molecule has 0 radical (unpaired) electrons. The van der Waals surface area contributed by atoms with E-state index in [-0.39, 0.29) is 0 Å². The van der Waals surface area contributed by atoms with Crippen LogP contribution < -0.4 is 0 Å². The zero-order valence-electron chi connectivity index (χ0n) is 50.6. The van der Waals surface area contributed by atoms with Gasteiger partial charge in [-0.05, 0) is 113 Å². The van der Waals surface area contributed by atoms with Crippen molar-refractivity contribution in [3.8, 4) is 153 Å². The van der Waals surface area contributed by atoms with E-state index >= 15 is 0 Å². The molecule has 3 heterocycles. The molecule has 9 nitrogen and oxygen atoms in total. The summed E-state index contributed by atoms with van der Waals surface area (Å²) in [4.78, 5) is 39.9. The van der Waals surface area contributed by atoms with Gasteiger partial charge in [-0.3, -0.25) is 0 Å². The Kier molecular flexibility index (Phi) is 14.8. The Balaban J connectivity index is 0.651. The minimum atomic E-state index is 0.554. The predicted octanol–water partition coefficient (Wildman–Crippen LogP) is 20.7. The standard InChI is InChI=1S/C85H53N9/c86-52-55-29-31-56(32-30-55)57-33-35-60(36-34-57)77-50-69-21-10-11-22-70(69)51-78(77)61-41-47-67(48-42-61)84-92-82(64-19-8-3-9-20-64)93-85(94-84)71-24-12-23-68(49-71)72-53-87-79(88-54-72)65-43-37-58(38-44-65)73-25-13-28-76-74(26-14-27-75(73)76)59-39-45-66(46-40-59)83-90-80(62-15-4-1-5-16-62)89-81(91-83)63-17-6-2-7-18-63/h1-51,53-54H. The highest BCUT2D eigenvalue weighted by Crippen LogP contribution is 2.40. The highest BCUT2D eigenvalue weighted by Gasteiger charge is 2.18. The van der Waals surface area contributed by atoms with Gasteiger partial charge in [0.25, 0.3) is 0 Å².